The van der Waals surface area contributed by atoms with Crippen molar-refractivity contribution < 1.29 is 9.90 Å². The van der Waals surface area contributed by atoms with Crippen LogP contribution in [0.15, 0.2) is 42.6 Å². The van der Waals surface area contributed by atoms with Crippen molar-refractivity contribution in [2.45, 2.75) is 12.5 Å². The number of hydrogen-bond acceptors (Lipinski definition) is 2. The molecule has 0 radical (unpaired) electrons. The van der Waals surface area contributed by atoms with Gasteiger partial charge < -0.3 is 15.4 Å². The summed E-state index contributed by atoms with van der Waals surface area (Å²) in [5.74, 6) is -0.313. The third kappa shape index (κ3) is 2.97. The number of nitrogens with one attached hydrogen (secondary N) is 2. The average molecular weight is 279 g/mol. The largest absolute Gasteiger partial charge is 0.394 e. The van der Waals surface area contributed by atoms with Crippen molar-refractivity contribution in [1.82, 2.24) is 10.3 Å². The van der Waals surface area contributed by atoms with E-state index in [9.17, 15) is 9.90 Å². The number of aliphatic hydroxyl groups is 1. The lowest BCUT2D eigenvalue weighted by molar-refractivity contribution is 0.0845. The molecular formula is C14H15ClN2O2. The minimum Gasteiger partial charge on any atom is -0.394 e. The van der Waals surface area contributed by atoms with Gasteiger partial charge in [-0.2, -0.15) is 0 Å². The summed E-state index contributed by atoms with van der Waals surface area (Å²) in [6.07, 6.45) is 1.54. The van der Waals surface area contributed by atoms with Gasteiger partial charge in [0.2, 0.25) is 0 Å². The van der Waals surface area contributed by atoms with Gasteiger partial charge in [0.25, 0.3) is 5.91 Å². The Hall–Kier alpha value is -1.78. The van der Waals surface area contributed by atoms with Gasteiger partial charge in [0.15, 0.2) is 0 Å². The predicted molar refractivity (Wildman–Crippen MR) is 74.1 cm³/mol. The number of amides is 1. The number of carbonyl (C=O) groups excluding carboxylic acids is 1. The van der Waals surface area contributed by atoms with Crippen molar-refractivity contribution in [3.05, 3.63) is 58.9 Å². The normalized spacial score (nSPS) is 13.8. The van der Waals surface area contributed by atoms with Crippen LogP contribution in [0.1, 0.15) is 23.0 Å². The highest BCUT2D eigenvalue weighted by Crippen LogP contribution is 2.20. The number of carbonyl (C=O) groups is 1. The molecule has 3 N–H and O–H groups in total. The first-order chi connectivity index (χ1) is 9.05. The highest BCUT2D eigenvalue weighted by Gasteiger charge is 2.28. The maximum absolute atomic E-state index is 12.1. The molecule has 0 aliphatic carbocycles. The van der Waals surface area contributed by atoms with Crippen LogP contribution in [0.4, 0.5) is 0 Å². The summed E-state index contributed by atoms with van der Waals surface area (Å²) < 4.78 is 0. The molecule has 0 saturated heterocycles. The summed E-state index contributed by atoms with van der Waals surface area (Å²) in [5.41, 5.74) is 0.361. The zero-order valence-corrected chi connectivity index (χ0v) is 11.2. The number of aliphatic hydroxyl groups excluding tert-OH is 1. The standard InChI is InChI=1S/C14H15ClN2O2/c1-14(9-18,10-5-3-2-4-6-10)17-13(19)12-7-11(15)8-16-12/h2-8,16,18H,9H2,1H3,(H,17,19). The number of aromatic amines is 1. The zero-order valence-electron chi connectivity index (χ0n) is 10.5. The van der Waals surface area contributed by atoms with Gasteiger partial charge in [-0.15, -0.1) is 0 Å². The molecule has 1 atom stereocenters. The highest BCUT2D eigenvalue weighted by atomic mass is 35.5. The molecule has 0 bridgehead atoms. The molecule has 2 rings (SSSR count). The Labute approximate surface area is 116 Å². The van der Waals surface area contributed by atoms with Crippen molar-refractivity contribution in [2.75, 3.05) is 6.61 Å². The van der Waals surface area contributed by atoms with E-state index < -0.39 is 5.54 Å². The van der Waals surface area contributed by atoms with Crippen LogP contribution in [-0.4, -0.2) is 22.6 Å². The van der Waals surface area contributed by atoms with E-state index in [0.29, 0.717) is 10.7 Å². The van der Waals surface area contributed by atoms with Crippen molar-refractivity contribution in [3.8, 4) is 0 Å². The lowest BCUT2D eigenvalue weighted by Crippen LogP contribution is -2.46. The maximum Gasteiger partial charge on any atom is 0.268 e. The molecule has 100 valence electrons. The van der Waals surface area contributed by atoms with Gasteiger partial charge in [0.05, 0.1) is 17.2 Å². The molecule has 0 fully saturated rings. The lowest BCUT2D eigenvalue weighted by atomic mass is 9.93. The minimum absolute atomic E-state index is 0.197. The summed E-state index contributed by atoms with van der Waals surface area (Å²) >= 11 is 5.77. The monoisotopic (exact) mass is 278 g/mol. The fourth-order valence-corrected chi connectivity index (χ4v) is 1.99. The molecule has 2 aromatic rings. The first kappa shape index (κ1) is 13.6. The van der Waals surface area contributed by atoms with Gasteiger partial charge >= 0.3 is 0 Å². The van der Waals surface area contributed by atoms with E-state index in [1.807, 2.05) is 30.3 Å². The smallest absolute Gasteiger partial charge is 0.268 e. The van der Waals surface area contributed by atoms with E-state index >= 15 is 0 Å². The van der Waals surface area contributed by atoms with Crippen LogP contribution in [0, 0.1) is 0 Å². The Morgan fingerprint density at radius 1 is 1.42 bits per heavy atom. The minimum atomic E-state index is -0.837. The van der Waals surface area contributed by atoms with Crippen molar-refractivity contribution in [3.63, 3.8) is 0 Å². The summed E-state index contributed by atoms with van der Waals surface area (Å²) in [4.78, 5) is 14.9. The summed E-state index contributed by atoms with van der Waals surface area (Å²) in [6, 6.07) is 10.9. The average Bonchev–Trinajstić information content (AvgIpc) is 2.86. The van der Waals surface area contributed by atoms with E-state index in [0.717, 1.165) is 5.56 Å². The molecule has 1 aromatic carbocycles. The predicted octanol–water partition coefficient (Wildman–Crippen LogP) is 2.31. The molecule has 0 saturated carbocycles. The fraction of sp³-hybridized carbons (Fsp3) is 0.214. The second kappa shape index (κ2) is 5.47. The second-order valence-corrected chi connectivity index (χ2v) is 4.98. The zero-order chi connectivity index (χ0) is 13.9. The van der Waals surface area contributed by atoms with E-state index in [-0.39, 0.29) is 12.5 Å². The number of hydrogen-bond donors (Lipinski definition) is 3. The van der Waals surface area contributed by atoms with Gasteiger partial charge in [-0.25, -0.2) is 0 Å². The topological polar surface area (TPSA) is 65.1 Å². The fourth-order valence-electron chi connectivity index (χ4n) is 1.83. The van der Waals surface area contributed by atoms with E-state index in [1.54, 1.807) is 13.0 Å². The highest BCUT2D eigenvalue weighted by molar-refractivity contribution is 6.30. The van der Waals surface area contributed by atoms with Crippen LogP contribution in [0.5, 0.6) is 0 Å². The molecule has 1 heterocycles. The number of halogens is 1. The third-order valence-electron chi connectivity index (χ3n) is 3.01. The third-order valence-corrected chi connectivity index (χ3v) is 3.23. The van der Waals surface area contributed by atoms with Crippen LogP contribution in [0.2, 0.25) is 5.02 Å². The number of H-pyrrole nitrogens is 1. The molecule has 0 aliphatic rings. The molecule has 0 aliphatic heterocycles. The Morgan fingerprint density at radius 2 is 2.11 bits per heavy atom. The lowest BCUT2D eigenvalue weighted by Gasteiger charge is -2.29. The molecule has 5 heteroatoms. The maximum atomic E-state index is 12.1. The Morgan fingerprint density at radius 3 is 2.63 bits per heavy atom. The molecule has 1 aromatic heterocycles. The Bertz CT molecular complexity index is 568. The van der Waals surface area contributed by atoms with Crippen LogP contribution < -0.4 is 5.32 Å². The van der Waals surface area contributed by atoms with Gasteiger partial charge in [-0.05, 0) is 18.6 Å². The Balaban J connectivity index is 2.22. The molecule has 4 nitrogen and oxygen atoms in total. The van der Waals surface area contributed by atoms with Crippen LogP contribution in [0.25, 0.3) is 0 Å². The second-order valence-electron chi connectivity index (χ2n) is 4.54. The van der Waals surface area contributed by atoms with Crippen molar-refractivity contribution in [1.29, 1.82) is 0 Å². The van der Waals surface area contributed by atoms with Gasteiger partial charge in [-0.1, -0.05) is 41.9 Å². The van der Waals surface area contributed by atoms with Gasteiger partial charge in [0, 0.05) is 6.20 Å². The van der Waals surface area contributed by atoms with Gasteiger partial charge in [-0.3, -0.25) is 4.79 Å². The van der Waals surface area contributed by atoms with Crippen molar-refractivity contribution in [2.24, 2.45) is 0 Å². The Kier molecular flexibility index (Phi) is 3.93. The van der Waals surface area contributed by atoms with Crippen molar-refractivity contribution >= 4 is 17.5 Å². The summed E-state index contributed by atoms with van der Waals surface area (Å²) in [7, 11) is 0. The van der Waals surface area contributed by atoms with Crippen LogP contribution >= 0.6 is 11.6 Å². The van der Waals surface area contributed by atoms with Crippen LogP contribution in [-0.2, 0) is 5.54 Å². The van der Waals surface area contributed by atoms with E-state index in [4.69, 9.17) is 11.6 Å². The van der Waals surface area contributed by atoms with E-state index in [2.05, 4.69) is 10.3 Å². The molecule has 1 amide bonds. The first-order valence-corrected chi connectivity index (χ1v) is 6.26. The van der Waals surface area contributed by atoms with E-state index in [1.165, 1.54) is 6.20 Å². The molecular weight excluding hydrogens is 264 g/mol. The summed E-state index contributed by atoms with van der Waals surface area (Å²) in [5, 5.41) is 12.9. The number of aromatic nitrogens is 1. The molecule has 1 unspecified atom stereocenters. The SMILES string of the molecule is CC(CO)(NC(=O)c1cc(Cl)c[nH]1)c1ccccc1. The first-order valence-electron chi connectivity index (χ1n) is 5.88. The quantitative estimate of drug-likeness (QED) is 0.803. The van der Waals surface area contributed by atoms with Gasteiger partial charge in [0.1, 0.15) is 5.69 Å². The van der Waals surface area contributed by atoms with Crippen LogP contribution in [0.3, 0.4) is 0 Å². The molecule has 19 heavy (non-hydrogen) atoms. The number of rotatable bonds is 4. The number of benzene rings is 1. The molecule has 0 spiro atoms. The summed E-state index contributed by atoms with van der Waals surface area (Å²) in [6.45, 7) is 1.57.